The van der Waals surface area contributed by atoms with Crippen LogP contribution >= 0.6 is 24.0 Å². The van der Waals surface area contributed by atoms with E-state index in [-0.39, 0.29) is 24.0 Å². The molecule has 3 aliphatic rings. The smallest absolute Gasteiger partial charge is 0.192 e. The summed E-state index contributed by atoms with van der Waals surface area (Å²) < 4.78 is 7.79. The summed E-state index contributed by atoms with van der Waals surface area (Å²) in [5, 5.41) is 15.7. The predicted octanol–water partition coefficient (Wildman–Crippen LogP) is 3.31. The van der Waals surface area contributed by atoms with Crippen molar-refractivity contribution in [3.05, 3.63) is 11.6 Å². The van der Waals surface area contributed by atoms with Crippen molar-refractivity contribution in [1.82, 2.24) is 25.4 Å². The lowest BCUT2D eigenvalue weighted by Gasteiger charge is -2.40. The van der Waals surface area contributed by atoms with Crippen LogP contribution in [0.2, 0.25) is 0 Å². The zero-order chi connectivity index (χ0) is 19.3. The van der Waals surface area contributed by atoms with Gasteiger partial charge in [0.25, 0.3) is 0 Å². The highest BCUT2D eigenvalue weighted by atomic mass is 127. The van der Waals surface area contributed by atoms with Crippen LogP contribution in [0.25, 0.3) is 0 Å². The number of halogens is 1. The molecular weight excluding hydrogens is 479 g/mol. The normalized spacial score (nSPS) is 29.8. The summed E-state index contributed by atoms with van der Waals surface area (Å²) in [4.78, 5) is 4.84. The first-order chi connectivity index (χ1) is 13.7. The lowest BCUT2D eigenvalue weighted by Crippen LogP contribution is -2.48. The molecule has 4 atom stereocenters. The molecule has 1 aromatic rings. The molecule has 0 radical (unpaired) electrons. The Kier molecular flexibility index (Phi) is 8.58. The molecule has 0 amide bonds. The molecule has 0 spiro atoms. The molecule has 3 fully saturated rings. The highest BCUT2D eigenvalue weighted by Gasteiger charge is 2.32. The first-order valence-corrected chi connectivity index (χ1v) is 11.2. The summed E-state index contributed by atoms with van der Waals surface area (Å²) in [6.45, 7) is 4.22. The second-order valence-corrected chi connectivity index (χ2v) is 8.86. The molecular formula is C21H37IN6O. The van der Waals surface area contributed by atoms with Gasteiger partial charge in [-0.05, 0) is 50.9 Å². The molecule has 1 saturated heterocycles. The lowest BCUT2D eigenvalue weighted by atomic mass is 9.69. The van der Waals surface area contributed by atoms with E-state index in [4.69, 9.17) is 9.73 Å². The molecule has 2 aliphatic carbocycles. The number of aliphatic imine (C=N–C) groups is 1. The molecule has 8 heteroatoms. The Labute approximate surface area is 191 Å². The van der Waals surface area contributed by atoms with Crippen molar-refractivity contribution in [2.75, 3.05) is 13.2 Å². The van der Waals surface area contributed by atoms with Gasteiger partial charge in [0.2, 0.25) is 0 Å². The Balaban J connectivity index is 0.00000240. The molecule has 1 aliphatic heterocycles. The van der Waals surface area contributed by atoms with Crippen molar-refractivity contribution in [3.8, 4) is 0 Å². The van der Waals surface area contributed by atoms with Gasteiger partial charge >= 0.3 is 0 Å². The number of nitrogens with one attached hydrogen (secondary N) is 2. The van der Waals surface area contributed by atoms with Crippen LogP contribution in [0.5, 0.6) is 0 Å². The maximum atomic E-state index is 5.78. The van der Waals surface area contributed by atoms with Gasteiger partial charge < -0.3 is 19.9 Å². The Hall–Kier alpha value is -0.900. The minimum atomic E-state index is 0. The third kappa shape index (κ3) is 6.06. The van der Waals surface area contributed by atoms with Crippen LogP contribution < -0.4 is 10.6 Å². The van der Waals surface area contributed by atoms with Crippen molar-refractivity contribution >= 4 is 29.9 Å². The number of aryl methyl sites for hydroxylation is 1. The highest BCUT2D eigenvalue weighted by Crippen LogP contribution is 2.40. The minimum absolute atomic E-state index is 0. The third-order valence-electron chi connectivity index (χ3n) is 6.96. The molecule has 29 heavy (non-hydrogen) atoms. The maximum Gasteiger partial charge on any atom is 0.192 e. The number of hydrogen-bond acceptors (Lipinski definition) is 4. The van der Waals surface area contributed by atoms with Crippen LogP contribution in [0.15, 0.2) is 4.99 Å². The van der Waals surface area contributed by atoms with E-state index < -0.39 is 0 Å². The van der Waals surface area contributed by atoms with Gasteiger partial charge in [0.15, 0.2) is 11.8 Å². The average molecular weight is 516 g/mol. The summed E-state index contributed by atoms with van der Waals surface area (Å²) >= 11 is 0. The van der Waals surface area contributed by atoms with Crippen LogP contribution in [0.3, 0.4) is 0 Å². The van der Waals surface area contributed by atoms with Crippen LogP contribution in [0.1, 0.15) is 69.4 Å². The zero-order valence-corrected chi connectivity index (χ0v) is 20.2. The molecule has 164 valence electrons. The summed E-state index contributed by atoms with van der Waals surface area (Å²) in [5.41, 5.74) is 0. The van der Waals surface area contributed by atoms with E-state index in [0.29, 0.717) is 18.7 Å². The third-order valence-corrected chi connectivity index (χ3v) is 6.96. The maximum absolute atomic E-state index is 5.78. The van der Waals surface area contributed by atoms with Crippen molar-refractivity contribution in [2.24, 2.45) is 23.9 Å². The topological polar surface area (TPSA) is 76.4 Å². The van der Waals surface area contributed by atoms with Crippen molar-refractivity contribution < 1.29 is 4.74 Å². The molecule has 2 N–H and O–H groups in total. The fraction of sp³-hybridized carbons (Fsp3) is 0.857. The van der Waals surface area contributed by atoms with Crippen LogP contribution in [0.4, 0.5) is 0 Å². The summed E-state index contributed by atoms with van der Waals surface area (Å²) in [7, 11) is 2.00. The van der Waals surface area contributed by atoms with Crippen LogP contribution in [-0.2, 0) is 18.3 Å². The number of hydrogen-bond donors (Lipinski definition) is 2. The van der Waals surface area contributed by atoms with E-state index in [1.54, 1.807) is 0 Å². The zero-order valence-electron chi connectivity index (χ0n) is 17.9. The van der Waals surface area contributed by atoms with E-state index in [1.165, 1.54) is 44.9 Å². The second kappa shape index (κ2) is 10.9. The van der Waals surface area contributed by atoms with Gasteiger partial charge in [0, 0.05) is 26.2 Å². The predicted molar refractivity (Wildman–Crippen MR) is 125 cm³/mol. The van der Waals surface area contributed by atoms with Gasteiger partial charge in [-0.1, -0.05) is 25.7 Å². The molecule has 4 unspecified atom stereocenters. The molecule has 0 aromatic carbocycles. The van der Waals surface area contributed by atoms with Crippen LogP contribution in [-0.4, -0.2) is 46.0 Å². The van der Waals surface area contributed by atoms with E-state index in [9.17, 15) is 0 Å². The molecule has 1 aromatic heterocycles. The Morgan fingerprint density at radius 1 is 1.10 bits per heavy atom. The van der Waals surface area contributed by atoms with E-state index in [2.05, 4.69) is 20.8 Å². The van der Waals surface area contributed by atoms with Gasteiger partial charge in [-0.3, -0.25) is 0 Å². The summed E-state index contributed by atoms with van der Waals surface area (Å²) in [6.07, 6.45) is 12.2. The number of guanidine groups is 1. The van der Waals surface area contributed by atoms with Crippen LogP contribution in [0, 0.1) is 18.8 Å². The number of fused-ring (bicyclic) bond motifs is 1. The fourth-order valence-corrected chi connectivity index (χ4v) is 5.10. The summed E-state index contributed by atoms with van der Waals surface area (Å²) in [5.74, 6) is 4.58. The largest absolute Gasteiger partial charge is 0.376 e. The molecule has 0 bridgehead atoms. The Morgan fingerprint density at radius 2 is 1.93 bits per heavy atom. The van der Waals surface area contributed by atoms with Gasteiger partial charge in [0.1, 0.15) is 12.4 Å². The SMILES string of the molecule is Cc1nnc(CN=C(NCC2CCCO2)NC2CCC3CCCCC3C2)n1C.I. The lowest BCUT2D eigenvalue weighted by molar-refractivity contribution is 0.113. The Morgan fingerprint density at radius 3 is 2.66 bits per heavy atom. The Bertz CT molecular complexity index is 672. The number of aromatic nitrogens is 3. The first kappa shape index (κ1) is 22.8. The van der Waals surface area contributed by atoms with E-state index in [0.717, 1.165) is 55.4 Å². The molecule has 2 saturated carbocycles. The first-order valence-electron chi connectivity index (χ1n) is 11.2. The van der Waals surface area contributed by atoms with Crippen molar-refractivity contribution in [3.63, 3.8) is 0 Å². The molecule has 4 rings (SSSR count). The fourth-order valence-electron chi connectivity index (χ4n) is 5.10. The van der Waals surface area contributed by atoms with Gasteiger partial charge in [-0.25, -0.2) is 4.99 Å². The molecule has 7 nitrogen and oxygen atoms in total. The van der Waals surface area contributed by atoms with Crippen molar-refractivity contribution in [2.45, 2.75) is 83.4 Å². The minimum Gasteiger partial charge on any atom is -0.376 e. The number of nitrogens with zero attached hydrogens (tertiary/aromatic N) is 4. The number of rotatable bonds is 5. The van der Waals surface area contributed by atoms with Crippen molar-refractivity contribution in [1.29, 1.82) is 0 Å². The van der Waals surface area contributed by atoms with Gasteiger partial charge in [-0.2, -0.15) is 0 Å². The number of ether oxygens (including phenoxy) is 1. The van der Waals surface area contributed by atoms with Gasteiger partial charge in [-0.15, -0.1) is 34.2 Å². The summed E-state index contributed by atoms with van der Waals surface area (Å²) in [6, 6.07) is 0.524. The second-order valence-electron chi connectivity index (χ2n) is 8.86. The van der Waals surface area contributed by atoms with E-state index in [1.807, 2.05) is 18.5 Å². The van der Waals surface area contributed by atoms with E-state index >= 15 is 0 Å². The highest BCUT2D eigenvalue weighted by molar-refractivity contribution is 14.0. The standard InChI is InChI=1S/C21H36N6O.HI/c1-15-25-26-20(27(15)2)14-23-21(22-13-19-8-5-11-28-19)24-18-10-9-16-6-3-4-7-17(16)12-18;/h16-19H,3-14H2,1-2H3,(H2,22,23,24);1H. The molecule has 2 heterocycles. The monoisotopic (exact) mass is 516 g/mol. The van der Waals surface area contributed by atoms with Gasteiger partial charge in [0.05, 0.1) is 6.10 Å². The average Bonchev–Trinajstić information content (AvgIpc) is 3.35. The quantitative estimate of drug-likeness (QED) is 0.357.